The van der Waals surface area contributed by atoms with Crippen LogP contribution in [-0.4, -0.2) is 78.2 Å². The number of piperazine rings is 1. The van der Waals surface area contributed by atoms with Gasteiger partial charge in [0.1, 0.15) is 5.82 Å². The van der Waals surface area contributed by atoms with E-state index in [1.807, 2.05) is 30.0 Å². The van der Waals surface area contributed by atoms with Gasteiger partial charge in [0.25, 0.3) is 5.91 Å². The summed E-state index contributed by atoms with van der Waals surface area (Å²) in [6.07, 6.45) is 4.59. The van der Waals surface area contributed by atoms with Gasteiger partial charge in [0, 0.05) is 58.1 Å². The summed E-state index contributed by atoms with van der Waals surface area (Å²) < 4.78 is 0. The molecule has 6 heteroatoms. The van der Waals surface area contributed by atoms with Crippen LogP contribution in [0.2, 0.25) is 0 Å². The molecule has 1 amide bonds. The van der Waals surface area contributed by atoms with Crippen LogP contribution >= 0.6 is 0 Å². The monoisotopic (exact) mass is 318 g/mol. The average Bonchev–Trinajstić information content (AvgIpc) is 3.00. The van der Waals surface area contributed by atoms with Crippen LogP contribution in [0.3, 0.4) is 0 Å². The van der Waals surface area contributed by atoms with Crippen molar-refractivity contribution in [2.24, 2.45) is 0 Å². The fourth-order valence-electron chi connectivity index (χ4n) is 3.58. The first kappa shape index (κ1) is 16.2. The third-order valence-corrected chi connectivity index (χ3v) is 4.97. The van der Waals surface area contributed by atoms with Crippen LogP contribution in [0.4, 0.5) is 5.82 Å². The number of hydrogen-bond donors (Lipinski definition) is 1. The molecule has 0 unspecified atom stereocenters. The van der Waals surface area contributed by atoms with Crippen molar-refractivity contribution in [1.29, 1.82) is 0 Å². The number of hydrogen-bond acceptors (Lipinski definition) is 5. The minimum atomic E-state index is -0.194. The zero-order valence-corrected chi connectivity index (χ0v) is 14.0. The molecule has 1 aromatic heterocycles. The van der Waals surface area contributed by atoms with Gasteiger partial charge >= 0.3 is 0 Å². The lowest BCUT2D eigenvalue weighted by Gasteiger charge is -2.39. The number of aliphatic hydroxyl groups excluding tert-OH is 1. The van der Waals surface area contributed by atoms with Crippen LogP contribution in [0, 0.1) is 0 Å². The topological polar surface area (TPSA) is 59.9 Å². The van der Waals surface area contributed by atoms with Crippen LogP contribution in [-0.2, 0) is 0 Å². The Balaban J connectivity index is 1.61. The van der Waals surface area contributed by atoms with Crippen molar-refractivity contribution < 1.29 is 9.90 Å². The van der Waals surface area contributed by atoms with E-state index in [-0.39, 0.29) is 18.1 Å². The van der Waals surface area contributed by atoms with E-state index >= 15 is 0 Å². The molecule has 2 aliphatic rings. The average molecular weight is 318 g/mol. The molecule has 2 fully saturated rings. The van der Waals surface area contributed by atoms with E-state index in [0.717, 1.165) is 51.3 Å². The molecule has 1 aliphatic carbocycles. The summed E-state index contributed by atoms with van der Waals surface area (Å²) in [5, 5.41) is 10.0. The van der Waals surface area contributed by atoms with Gasteiger partial charge in [0.05, 0.1) is 6.10 Å². The van der Waals surface area contributed by atoms with Crippen molar-refractivity contribution in [2.45, 2.75) is 31.4 Å². The first-order valence-electron chi connectivity index (χ1n) is 8.41. The number of carbonyl (C=O) groups is 1. The van der Waals surface area contributed by atoms with Crippen molar-refractivity contribution in [3.05, 3.63) is 23.9 Å². The summed E-state index contributed by atoms with van der Waals surface area (Å²) in [5.41, 5.74) is 0.693. The van der Waals surface area contributed by atoms with E-state index in [1.165, 1.54) is 0 Å². The summed E-state index contributed by atoms with van der Waals surface area (Å²) in [4.78, 5) is 23.1. The molecule has 1 aromatic rings. The molecule has 0 aromatic carbocycles. The van der Waals surface area contributed by atoms with E-state index in [4.69, 9.17) is 0 Å². The number of nitrogens with zero attached hydrogens (tertiary/aromatic N) is 4. The van der Waals surface area contributed by atoms with Crippen molar-refractivity contribution in [2.75, 3.05) is 45.2 Å². The maximum atomic E-state index is 12.7. The Morgan fingerprint density at radius 3 is 2.61 bits per heavy atom. The van der Waals surface area contributed by atoms with E-state index in [2.05, 4.69) is 9.88 Å². The van der Waals surface area contributed by atoms with E-state index in [0.29, 0.717) is 5.56 Å². The predicted octanol–water partition coefficient (Wildman–Crippen LogP) is 0.819. The van der Waals surface area contributed by atoms with Crippen LogP contribution in [0.5, 0.6) is 0 Å². The molecule has 2 atom stereocenters. The smallest absolute Gasteiger partial charge is 0.254 e. The molecule has 0 radical (unpaired) electrons. The number of amides is 1. The van der Waals surface area contributed by atoms with Gasteiger partial charge in [-0.05, 0) is 31.4 Å². The summed E-state index contributed by atoms with van der Waals surface area (Å²) in [5.74, 6) is 0.866. The summed E-state index contributed by atoms with van der Waals surface area (Å²) in [6.45, 7) is 3.14. The number of rotatable bonds is 3. The first-order chi connectivity index (χ1) is 11.1. The van der Waals surface area contributed by atoms with Gasteiger partial charge in [-0.3, -0.25) is 9.69 Å². The largest absolute Gasteiger partial charge is 0.391 e. The van der Waals surface area contributed by atoms with Gasteiger partial charge in [0.15, 0.2) is 0 Å². The number of aromatic nitrogens is 1. The molecule has 0 bridgehead atoms. The number of pyridine rings is 1. The van der Waals surface area contributed by atoms with Gasteiger partial charge < -0.3 is 14.9 Å². The van der Waals surface area contributed by atoms with E-state index in [9.17, 15) is 9.90 Å². The second-order valence-electron chi connectivity index (χ2n) is 6.69. The minimum absolute atomic E-state index is 0.0714. The zero-order chi connectivity index (χ0) is 16.4. The maximum absolute atomic E-state index is 12.7. The van der Waals surface area contributed by atoms with Gasteiger partial charge in [0.2, 0.25) is 0 Å². The quantitative estimate of drug-likeness (QED) is 0.894. The van der Waals surface area contributed by atoms with Crippen LogP contribution < -0.4 is 4.90 Å². The fourth-order valence-corrected chi connectivity index (χ4v) is 3.58. The SMILES string of the molecule is CN(C)c1cc(C(=O)N2CCN([C@H]3CCC[C@@H]3O)CC2)ccn1. The highest BCUT2D eigenvalue weighted by atomic mass is 16.3. The number of aliphatic hydroxyl groups is 1. The van der Waals surface area contributed by atoms with Crippen molar-refractivity contribution in [1.82, 2.24) is 14.8 Å². The molecular formula is C17H26N4O2. The molecule has 1 saturated heterocycles. The highest BCUT2D eigenvalue weighted by molar-refractivity contribution is 5.94. The molecule has 126 valence electrons. The molecule has 2 heterocycles. The molecule has 6 nitrogen and oxygen atoms in total. The second kappa shape index (κ2) is 6.84. The Bertz CT molecular complexity index is 555. The van der Waals surface area contributed by atoms with Gasteiger partial charge in [-0.1, -0.05) is 0 Å². The van der Waals surface area contributed by atoms with E-state index < -0.39 is 0 Å². The lowest BCUT2D eigenvalue weighted by Crippen LogP contribution is -2.53. The van der Waals surface area contributed by atoms with Gasteiger partial charge in [-0.2, -0.15) is 0 Å². The first-order valence-corrected chi connectivity index (χ1v) is 8.41. The fraction of sp³-hybridized carbons (Fsp3) is 0.647. The maximum Gasteiger partial charge on any atom is 0.254 e. The van der Waals surface area contributed by atoms with Crippen molar-refractivity contribution >= 4 is 11.7 Å². The Kier molecular flexibility index (Phi) is 4.82. The molecule has 0 spiro atoms. The molecular weight excluding hydrogens is 292 g/mol. The third kappa shape index (κ3) is 3.48. The third-order valence-electron chi connectivity index (χ3n) is 4.97. The van der Waals surface area contributed by atoms with Crippen LogP contribution in [0.1, 0.15) is 29.6 Å². The highest BCUT2D eigenvalue weighted by Gasteiger charge is 2.33. The molecule has 1 aliphatic heterocycles. The Hall–Kier alpha value is -1.66. The second-order valence-corrected chi connectivity index (χ2v) is 6.69. The zero-order valence-electron chi connectivity index (χ0n) is 14.0. The Labute approximate surface area is 137 Å². The van der Waals surface area contributed by atoms with Crippen LogP contribution in [0.25, 0.3) is 0 Å². The molecule has 23 heavy (non-hydrogen) atoms. The summed E-state index contributed by atoms with van der Waals surface area (Å²) in [7, 11) is 3.84. The van der Waals surface area contributed by atoms with E-state index in [1.54, 1.807) is 12.3 Å². The molecule has 3 rings (SSSR count). The normalized spacial score (nSPS) is 25.6. The number of carbonyl (C=O) groups excluding carboxylic acids is 1. The van der Waals surface area contributed by atoms with Gasteiger partial charge in [-0.25, -0.2) is 4.98 Å². The van der Waals surface area contributed by atoms with Crippen molar-refractivity contribution in [3.63, 3.8) is 0 Å². The molecule has 1 saturated carbocycles. The highest BCUT2D eigenvalue weighted by Crippen LogP contribution is 2.25. The minimum Gasteiger partial charge on any atom is -0.391 e. The predicted molar refractivity (Wildman–Crippen MR) is 89.7 cm³/mol. The lowest BCUT2D eigenvalue weighted by atomic mass is 10.1. The Morgan fingerprint density at radius 1 is 1.26 bits per heavy atom. The van der Waals surface area contributed by atoms with Gasteiger partial charge in [-0.15, -0.1) is 0 Å². The van der Waals surface area contributed by atoms with Crippen LogP contribution in [0.15, 0.2) is 18.3 Å². The van der Waals surface area contributed by atoms with Crippen molar-refractivity contribution in [3.8, 4) is 0 Å². The summed E-state index contributed by atoms with van der Waals surface area (Å²) in [6, 6.07) is 3.91. The number of anilines is 1. The molecule has 1 N–H and O–H groups in total. The summed E-state index contributed by atoms with van der Waals surface area (Å²) >= 11 is 0. The lowest BCUT2D eigenvalue weighted by molar-refractivity contribution is 0.0315. The Morgan fingerprint density at radius 2 is 2.00 bits per heavy atom. The standard InChI is InChI=1S/C17H26N4O2/c1-19(2)16-12-13(6-7-18-16)17(23)21-10-8-20(9-11-21)14-4-3-5-15(14)22/h6-7,12,14-15,22H,3-5,8-11H2,1-2H3/t14-,15-/m0/s1.